The number of nitrogens with zero attached hydrogens (tertiary/aromatic N) is 3. The third-order valence-corrected chi connectivity index (χ3v) is 3.87. The summed E-state index contributed by atoms with van der Waals surface area (Å²) in [6.45, 7) is 8.01. The predicted molar refractivity (Wildman–Crippen MR) is 77.5 cm³/mol. The molecule has 5 heteroatoms. The van der Waals surface area contributed by atoms with Gasteiger partial charge < -0.3 is 10.0 Å². The lowest BCUT2D eigenvalue weighted by Gasteiger charge is -2.42. The quantitative estimate of drug-likeness (QED) is 0.886. The number of carboxylic acid groups (broad SMARTS) is 1. The summed E-state index contributed by atoms with van der Waals surface area (Å²) in [5.74, 6) is -0.797. The Bertz CT molecular complexity index is 438. The topological polar surface area (TPSA) is 56.7 Å². The second-order valence-corrected chi connectivity index (χ2v) is 5.41. The number of hydrogen-bond donors (Lipinski definition) is 1. The number of carboxylic acids is 1. The van der Waals surface area contributed by atoms with E-state index in [1.807, 2.05) is 6.07 Å². The minimum Gasteiger partial charge on any atom is -0.480 e. The van der Waals surface area contributed by atoms with Gasteiger partial charge >= 0.3 is 5.97 Å². The normalized spacial score (nSPS) is 22.6. The molecular formula is C15H23N3O2. The van der Waals surface area contributed by atoms with Crippen molar-refractivity contribution in [3.05, 3.63) is 30.1 Å². The van der Waals surface area contributed by atoms with Crippen LogP contribution in [0.2, 0.25) is 0 Å². The maximum Gasteiger partial charge on any atom is 0.325 e. The van der Waals surface area contributed by atoms with Gasteiger partial charge in [0, 0.05) is 38.1 Å². The predicted octanol–water partition coefficient (Wildman–Crippen LogP) is 1.62. The van der Waals surface area contributed by atoms with Gasteiger partial charge in [-0.25, -0.2) is 0 Å². The van der Waals surface area contributed by atoms with Crippen molar-refractivity contribution in [2.24, 2.45) is 0 Å². The lowest BCUT2D eigenvalue weighted by molar-refractivity contribution is -0.145. The Labute approximate surface area is 120 Å². The van der Waals surface area contributed by atoms with E-state index in [0.29, 0.717) is 0 Å². The second kappa shape index (κ2) is 6.81. The fourth-order valence-electron chi connectivity index (χ4n) is 2.96. The highest BCUT2D eigenvalue weighted by Gasteiger charge is 2.34. The number of aliphatic carboxylic acids is 1. The van der Waals surface area contributed by atoms with Crippen molar-refractivity contribution in [3.8, 4) is 0 Å². The van der Waals surface area contributed by atoms with Gasteiger partial charge in [-0.2, -0.15) is 0 Å². The molecule has 0 amide bonds. The lowest BCUT2D eigenvalue weighted by atomic mass is 10.0. The average molecular weight is 277 g/mol. The highest BCUT2D eigenvalue weighted by molar-refractivity contribution is 5.75. The van der Waals surface area contributed by atoms with Crippen LogP contribution < -0.4 is 0 Å². The number of piperazine rings is 1. The molecule has 0 aliphatic carbocycles. The number of aromatic nitrogens is 1. The minimum atomic E-state index is -0.797. The van der Waals surface area contributed by atoms with Crippen molar-refractivity contribution in [2.45, 2.75) is 32.4 Å². The zero-order valence-corrected chi connectivity index (χ0v) is 12.2. The van der Waals surface area contributed by atoms with Crippen LogP contribution in [0.3, 0.4) is 0 Å². The third-order valence-electron chi connectivity index (χ3n) is 3.87. The fraction of sp³-hybridized carbons (Fsp3) is 0.600. The Hall–Kier alpha value is -1.46. The molecule has 1 aromatic heterocycles. The highest BCUT2D eigenvalue weighted by Crippen LogP contribution is 2.25. The van der Waals surface area contributed by atoms with E-state index < -0.39 is 12.0 Å². The largest absolute Gasteiger partial charge is 0.480 e. The van der Waals surface area contributed by atoms with Crippen LogP contribution in [0.4, 0.5) is 0 Å². The van der Waals surface area contributed by atoms with E-state index in [1.165, 1.54) is 0 Å². The van der Waals surface area contributed by atoms with Crippen molar-refractivity contribution in [1.29, 1.82) is 0 Å². The lowest BCUT2D eigenvalue weighted by Crippen LogP contribution is -2.54. The maximum atomic E-state index is 11.7. The molecule has 5 nitrogen and oxygen atoms in total. The summed E-state index contributed by atoms with van der Waals surface area (Å²) in [5, 5.41) is 9.58. The molecule has 2 unspecified atom stereocenters. The molecule has 2 rings (SSSR count). The average Bonchev–Trinajstić information content (AvgIpc) is 2.43. The third kappa shape index (κ3) is 3.35. The summed E-state index contributed by atoms with van der Waals surface area (Å²) >= 11 is 0. The fourth-order valence-corrected chi connectivity index (χ4v) is 2.96. The van der Waals surface area contributed by atoms with Gasteiger partial charge in [-0.05, 0) is 31.5 Å². The minimum absolute atomic E-state index is 0.233. The molecule has 0 aromatic carbocycles. The van der Waals surface area contributed by atoms with Crippen LogP contribution in [-0.2, 0) is 4.79 Å². The molecule has 2 heterocycles. The molecule has 1 saturated heterocycles. The zero-order valence-electron chi connectivity index (χ0n) is 12.2. The Morgan fingerprint density at radius 3 is 2.90 bits per heavy atom. The monoisotopic (exact) mass is 277 g/mol. The van der Waals surface area contributed by atoms with Gasteiger partial charge in [0.05, 0.1) is 0 Å². The zero-order chi connectivity index (χ0) is 14.5. The summed E-state index contributed by atoms with van der Waals surface area (Å²) in [6, 6.07) is 3.28. The maximum absolute atomic E-state index is 11.7. The van der Waals surface area contributed by atoms with Gasteiger partial charge in [-0.1, -0.05) is 13.0 Å². The van der Waals surface area contributed by atoms with E-state index in [1.54, 1.807) is 18.5 Å². The first-order valence-electron chi connectivity index (χ1n) is 7.24. The molecule has 0 radical (unpaired) electrons. The van der Waals surface area contributed by atoms with Crippen molar-refractivity contribution < 1.29 is 9.90 Å². The Balaban J connectivity index is 2.13. The first-order chi connectivity index (χ1) is 9.63. The SMILES string of the molecule is CCCN1CCN(C(C(=O)O)c2cccnc2)C(C)C1. The number of carbonyl (C=O) groups is 1. The van der Waals surface area contributed by atoms with Crippen molar-refractivity contribution in [2.75, 3.05) is 26.2 Å². The van der Waals surface area contributed by atoms with Crippen LogP contribution in [0.15, 0.2) is 24.5 Å². The summed E-state index contributed by atoms with van der Waals surface area (Å²) in [7, 11) is 0. The van der Waals surface area contributed by atoms with Gasteiger partial charge in [-0.3, -0.25) is 14.7 Å². The molecule has 0 bridgehead atoms. The van der Waals surface area contributed by atoms with E-state index in [-0.39, 0.29) is 6.04 Å². The van der Waals surface area contributed by atoms with Crippen molar-refractivity contribution in [3.63, 3.8) is 0 Å². The van der Waals surface area contributed by atoms with E-state index in [9.17, 15) is 9.90 Å². The first-order valence-corrected chi connectivity index (χ1v) is 7.24. The van der Waals surface area contributed by atoms with Gasteiger partial charge in [-0.15, -0.1) is 0 Å². The molecule has 1 aliphatic heterocycles. The summed E-state index contributed by atoms with van der Waals surface area (Å²) in [5.41, 5.74) is 0.760. The highest BCUT2D eigenvalue weighted by atomic mass is 16.4. The van der Waals surface area contributed by atoms with Crippen molar-refractivity contribution in [1.82, 2.24) is 14.8 Å². The molecular weight excluding hydrogens is 254 g/mol. The molecule has 0 spiro atoms. The Kier molecular flexibility index (Phi) is 5.09. The smallest absolute Gasteiger partial charge is 0.325 e. The molecule has 1 aliphatic rings. The standard InChI is InChI=1S/C15H23N3O2/c1-3-7-17-8-9-18(12(2)11-17)14(15(19)20)13-5-4-6-16-10-13/h4-6,10,12,14H,3,7-9,11H2,1-2H3,(H,19,20). The Morgan fingerprint density at radius 2 is 2.35 bits per heavy atom. The van der Waals surface area contributed by atoms with Crippen LogP contribution in [0.1, 0.15) is 31.9 Å². The molecule has 0 saturated carbocycles. The molecule has 110 valence electrons. The summed E-state index contributed by atoms with van der Waals surface area (Å²) in [4.78, 5) is 20.2. The molecule has 2 atom stereocenters. The van der Waals surface area contributed by atoms with Crippen LogP contribution in [0, 0.1) is 0 Å². The van der Waals surface area contributed by atoms with Gasteiger partial charge in [0.25, 0.3) is 0 Å². The summed E-state index contributed by atoms with van der Waals surface area (Å²) < 4.78 is 0. The summed E-state index contributed by atoms with van der Waals surface area (Å²) in [6.07, 6.45) is 4.46. The molecule has 1 N–H and O–H groups in total. The number of rotatable bonds is 5. The molecule has 1 aromatic rings. The van der Waals surface area contributed by atoms with Crippen LogP contribution >= 0.6 is 0 Å². The van der Waals surface area contributed by atoms with Gasteiger partial charge in [0.1, 0.15) is 6.04 Å². The van der Waals surface area contributed by atoms with Crippen LogP contribution in [0.5, 0.6) is 0 Å². The molecule has 1 fully saturated rings. The van der Waals surface area contributed by atoms with Gasteiger partial charge in [0.15, 0.2) is 0 Å². The van der Waals surface area contributed by atoms with E-state index in [2.05, 4.69) is 28.6 Å². The number of pyridine rings is 1. The second-order valence-electron chi connectivity index (χ2n) is 5.41. The number of hydrogen-bond acceptors (Lipinski definition) is 4. The first kappa shape index (κ1) is 14.9. The van der Waals surface area contributed by atoms with E-state index >= 15 is 0 Å². The van der Waals surface area contributed by atoms with Gasteiger partial charge in [0.2, 0.25) is 0 Å². The Morgan fingerprint density at radius 1 is 1.55 bits per heavy atom. The van der Waals surface area contributed by atoms with Crippen LogP contribution in [0.25, 0.3) is 0 Å². The van der Waals surface area contributed by atoms with E-state index in [0.717, 1.165) is 38.2 Å². The van der Waals surface area contributed by atoms with Crippen molar-refractivity contribution >= 4 is 5.97 Å². The molecule has 20 heavy (non-hydrogen) atoms. The van der Waals surface area contributed by atoms with Crippen LogP contribution in [-0.4, -0.2) is 58.1 Å². The van der Waals surface area contributed by atoms with E-state index in [4.69, 9.17) is 0 Å².